The molecule has 0 fully saturated rings. The van der Waals surface area contributed by atoms with Gasteiger partial charge in [-0.25, -0.2) is 0 Å². The topological polar surface area (TPSA) is 12.5 Å². The highest BCUT2D eigenvalue weighted by atomic mass is 16.5. The van der Waals surface area contributed by atoms with E-state index in [2.05, 4.69) is 30.1 Å². The van der Waals surface area contributed by atoms with Crippen molar-refractivity contribution in [2.75, 3.05) is 27.4 Å². The molecule has 0 spiro atoms. The molecule has 0 unspecified atom stereocenters. The number of ether oxygens (including phenoxy) is 1. The summed E-state index contributed by atoms with van der Waals surface area (Å²) in [7, 11) is 3.84. The summed E-state index contributed by atoms with van der Waals surface area (Å²) in [5, 5.41) is 0. The Morgan fingerprint density at radius 2 is 1.94 bits per heavy atom. The van der Waals surface area contributed by atoms with Crippen molar-refractivity contribution in [1.82, 2.24) is 4.90 Å². The number of hydrogen-bond donors (Lipinski definition) is 0. The van der Waals surface area contributed by atoms with Crippen LogP contribution in [0.1, 0.15) is 29.5 Å². The third-order valence-electron chi connectivity index (χ3n) is 3.54. The molecule has 0 aromatic heterocycles. The van der Waals surface area contributed by atoms with Gasteiger partial charge in [-0.2, -0.15) is 0 Å². The molecular weight excluding hydrogens is 210 g/mol. The van der Waals surface area contributed by atoms with E-state index in [4.69, 9.17) is 4.74 Å². The van der Waals surface area contributed by atoms with Crippen molar-refractivity contribution in [3.05, 3.63) is 34.9 Å². The molecule has 17 heavy (non-hydrogen) atoms. The van der Waals surface area contributed by atoms with Crippen molar-refractivity contribution in [2.45, 2.75) is 32.1 Å². The summed E-state index contributed by atoms with van der Waals surface area (Å²) in [5.41, 5.74) is 4.63. The summed E-state index contributed by atoms with van der Waals surface area (Å²) in [5.74, 6) is 0. The fourth-order valence-corrected chi connectivity index (χ4v) is 2.55. The Hall–Kier alpha value is -0.860. The molecule has 0 N–H and O–H groups in total. The fraction of sp³-hybridized carbons (Fsp3) is 0.600. The van der Waals surface area contributed by atoms with Crippen LogP contribution in [-0.4, -0.2) is 32.3 Å². The van der Waals surface area contributed by atoms with Crippen molar-refractivity contribution in [3.63, 3.8) is 0 Å². The minimum Gasteiger partial charge on any atom is -0.369 e. The van der Waals surface area contributed by atoms with Crippen molar-refractivity contribution in [3.8, 4) is 0 Å². The van der Waals surface area contributed by atoms with Crippen molar-refractivity contribution >= 4 is 0 Å². The number of aryl methyl sites for hydroxylation is 2. The fourth-order valence-electron chi connectivity index (χ4n) is 2.55. The highest BCUT2D eigenvalue weighted by Crippen LogP contribution is 2.22. The molecule has 0 atom stereocenters. The largest absolute Gasteiger partial charge is 0.369 e. The zero-order chi connectivity index (χ0) is 12.1. The molecule has 2 nitrogen and oxygen atoms in total. The second-order valence-electron chi connectivity index (χ2n) is 5.06. The van der Waals surface area contributed by atoms with Crippen LogP contribution < -0.4 is 0 Å². The average Bonchev–Trinajstić information content (AvgIpc) is 2.36. The van der Waals surface area contributed by atoms with Gasteiger partial charge in [0.05, 0.1) is 6.73 Å². The van der Waals surface area contributed by atoms with Crippen LogP contribution in [0.5, 0.6) is 0 Å². The lowest BCUT2D eigenvalue weighted by Crippen LogP contribution is -2.23. The third-order valence-corrected chi connectivity index (χ3v) is 3.54. The molecule has 2 heteroatoms. The molecule has 94 valence electrons. The van der Waals surface area contributed by atoms with Gasteiger partial charge in [0.25, 0.3) is 0 Å². The van der Waals surface area contributed by atoms with Gasteiger partial charge in [-0.05, 0) is 55.8 Å². The highest BCUT2D eigenvalue weighted by molar-refractivity contribution is 5.33. The molecule has 0 radical (unpaired) electrons. The Labute approximate surface area is 105 Å². The van der Waals surface area contributed by atoms with Gasteiger partial charge in [0.15, 0.2) is 0 Å². The minimum atomic E-state index is 0.713. The zero-order valence-electron chi connectivity index (χ0n) is 11.0. The van der Waals surface area contributed by atoms with Crippen LogP contribution >= 0.6 is 0 Å². The quantitative estimate of drug-likeness (QED) is 0.725. The van der Waals surface area contributed by atoms with Crippen LogP contribution in [-0.2, 0) is 24.0 Å². The van der Waals surface area contributed by atoms with E-state index in [0.717, 1.165) is 13.0 Å². The number of benzene rings is 1. The Bertz CT molecular complexity index is 362. The second-order valence-corrected chi connectivity index (χ2v) is 5.06. The van der Waals surface area contributed by atoms with Crippen molar-refractivity contribution in [2.24, 2.45) is 0 Å². The van der Waals surface area contributed by atoms with Gasteiger partial charge in [0.2, 0.25) is 0 Å². The lowest BCUT2D eigenvalue weighted by atomic mass is 9.90. The van der Waals surface area contributed by atoms with Gasteiger partial charge in [-0.3, -0.25) is 4.90 Å². The second kappa shape index (κ2) is 6.18. The average molecular weight is 233 g/mol. The van der Waals surface area contributed by atoms with E-state index in [1.165, 1.54) is 31.2 Å². The van der Waals surface area contributed by atoms with Crippen LogP contribution in [0.3, 0.4) is 0 Å². The van der Waals surface area contributed by atoms with Gasteiger partial charge < -0.3 is 4.74 Å². The van der Waals surface area contributed by atoms with E-state index >= 15 is 0 Å². The highest BCUT2D eigenvalue weighted by Gasteiger charge is 2.09. The summed E-state index contributed by atoms with van der Waals surface area (Å²) in [6.45, 7) is 1.78. The van der Waals surface area contributed by atoms with Gasteiger partial charge in [0, 0.05) is 13.7 Å². The van der Waals surface area contributed by atoms with Gasteiger partial charge in [-0.15, -0.1) is 0 Å². The molecule has 1 aliphatic carbocycles. The number of nitrogens with zero attached hydrogens (tertiary/aromatic N) is 1. The summed E-state index contributed by atoms with van der Waals surface area (Å²) < 4.78 is 5.11. The molecule has 0 amide bonds. The van der Waals surface area contributed by atoms with E-state index in [0.29, 0.717) is 6.73 Å². The lowest BCUT2D eigenvalue weighted by Gasteiger charge is -2.18. The van der Waals surface area contributed by atoms with E-state index in [9.17, 15) is 0 Å². The van der Waals surface area contributed by atoms with E-state index in [1.807, 2.05) is 0 Å². The number of likely N-dealkylation sites (N-methyl/N-ethyl adjacent to an activating group) is 1. The van der Waals surface area contributed by atoms with E-state index in [-0.39, 0.29) is 0 Å². The Morgan fingerprint density at radius 1 is 1.18 bits per heavy atom. The van der Waals surface area contributed by atoms with E-state index < -0.39 is 0 Å². The van der Waals surface area contributed by atoms with Crippen LogP contribution in [0.2, 0.25) is 0 Å². The molecule has 1 aromatic carbocycles. The first-order valence-corrected chi connectivity index (χ1v) is 6.58. The van der Waals surface area contributed by atoms with Crippen LogP contribution in [0.4, 0.5) is 0 Å². The minimum absolute atomic E-state index is 0.713. The number of methoxy groups -OCH3 is 1. The first-order valence-electron chi connectivity index (χ1n) is 6.58. The summed E-state index contributed by atoms with van der Waals surface area (Å²) in [6, 6.07) is 7.04. The SMILES string of the molecule is COCN(C)CCc1ccc2c(c1)CCCC2. The Kier molecular flexibility index (Phi) is 4.57. The molecule has 0 saturated heterocycles. The molecule has 0 heterocycles. The number of fused-ring (bicyclic) bond motifs is 1. The molecule has 1 aromatic rings. The molecular formula is C15H23NO. The maximum atomic E-state index is 5.11. The first kappa shape index (κ1) is 12.6. The summed E-state index contributed by atoms with van der Waals surface area (Å²) in [4.78, 5) is 2.21. The predicted molar refractivity (Wildman–Crippen MR) is 71.3 cm³/mol. The summed E-state index contributed by atoms with van der Waals surface area (Å²) in [6.07, 6.45) is 6.40. The molecule has 1 aliphatic rings. The van der Waals surface area contributed by atoms with Gasteiger partial charge in [-0.1, -0.05) is 18.2 Å². The van der Waals surface area contributed by atoms with Gasteiger partial charge in [0.1, 0.15) is 0 Å². The van der Waals surface area contributed by atoms with Crippen molar-refractivity contribution in [1.29, 1.82) is 0 Å². The normalized spacial score (nSPS) is 15.0. The van der Waals surface area contributed by atoms with Crippen LogP contribution in [0.15, 0.2) is 18.2 Å². The monoisotopic (exact) mass is 233 g/mol. The van der Waals surface area contributed by atoms with E-state index in [1.54, 1.807) is 18.2 Å². The molecule has 2 rings (SSSR count). The third kappa shape index (κ3) is 3.55. The standard InChI is InChI=1S/C15H23NO/c1-16(12-17-2)10-9-13-7-8-14-5-3-4-6-15(14)11-13/h7-8,11H,3-6,9-10,12H2,1-2H3. The maximum Gasteiger partial charge on any atom is 0.0984 e. The lowest BCUT2D eigenvalue weighted by molar-refractivity contribution is 0.0827. The van der Waals surface area contributed by atoms with Crippen LogP contribution in [0.25, 0.3) is 0 Å². The molecule has 0 saturated carbocycles. The van der Waals surface area contributed by atoms with Crippen LogP contribution in [0, 0.1) is 0 Å². The Morgan fingerprint density at radius 3 is 2.71 bits per heavy atom. The molecule has 0 bridgehead atoms. The number of hydrogen-bond acceptors (Lipinski definition) is 2. The smallest absolute Gasteiger partial charge is 0.0984 e. The van der Waals surface area contributed by atoms with Crippen molar-refractivity contribution < 1.29 is 4.74 Å². The Balaban J connectivity index is 1.93. The first-order chi connectivity index (χ1) is 8.29. The zero-order valence-corrected chi connectivity index (χ0v) is 11.0. The molecule has 0 aliphatic heterocycles. The maximum absolute atomic E-state index is 5.11. The number of rotatable bonds is 5. The predicted octanol–water partition coefficient (Wildman–Crippen LogP) is 2.64. The summed E-state index contributed by atoms with van der Waals surface area (Å²) >= 11 is 0. The van der Waals surface area contributed by atoms with Gasteiger partial charge >= 0.3 is 0 Å².